The van der Waals surface area contributed by atoms with Crippen LogP contribution in [0.25, 0.3) is 10.9 Å². The fourth-order valence-electron chi connectivity index (χ4n) is 3.45. The van der Waals surface area contributed by atoms with Gasteiger partial charge in [0.05, 0.1) is 17.8 Å². The molecule has 1 atom stereocenters. The SMILES string of the molecule is CC(C)(C1CCNCC1)[C@H](O)c1cc(Cl)cc2cn[nH]c12. The molecule has 1 aromatic carbocycles. The molecule has 0 spiro atoms. The van der Waals surface area contributed by atoms with Gasteiger partial charge in [-0.15, -0.1) is 0 Å². The largest absolute Gasteiger partial charge is 0.388 e. The average Bonchev–Trinajstić information content (AvgIpc) is 2.94. The van der Waals surface area contributed by atoms with Gasteiger partial charge in [-0.1, -0.05) is 25.4 Å². The van der Waals surface area contributed by atoms with Crippen molar-refractivity contribution in [3.63, 3.8) is 0 Å². The molecular weight excluding hydrogens is 286 g/mol. The second kappa shape index (κ2) is 5.59. The van der Waals surface area contributed by atoms with Crippen molar-refractivity contribution in [2.75, 3.05) is 13.1 Å². The van der Waals surface area contributed by atoms with E-state index in [0.717, 1.165) is 42.4 Å². The summed E-state index contributed by atoms with van der Waals surface area (Å²) in [5.74, 6) is 0.491. The van der Waals surface area contributed by atoms with Gasteiger partial charge in [0, 0.05) is 16.0 Å². The first kappa shape index (κ1) is 14.8. The van der Waals surface area contributed by atoms with Gasteiger partial charge in [-0.25, -0.2) is 0 Å². The van der Waals surface area contributed by atoms with Crippen molar-refractivity contribution in [3.8, 4) is 0 Å². The number of rotatable bonds is 3. The maximum atomic E-state index is 11.0. The molecule has 0 aliphatic carbocycles. The van der Waals surface area contributed by atoms with E-state index >= 15 is 0 Å². The van der Waals surface area contributed by atoms with Crippen molar-refractivity contribution in [1.29, 1.82) is 0 Å². The molecule has 5 heteroatoms. The third-order valence-corrected chi connectivity index (χ3v) is 5.15. The molecule has 1 saturated heterocycles. The third-order valence-electron chi connectivity index (χ3n) is 4.93. The number of aliphatic hydroxyl groups excluding tert-OH is 1. The van der Waals surface area contributed by atoms with E-state index in [9.17, 15) is 5.11 Å². The van der Waals surface area contributed by atoms with E-state index in [1.807, 2.05) is 12.1 Å². The number of halogens is 1. The van der Waals surface area contributed by atoms with Crippen molar-refractivity contribution in [3.05, 3.63) is 28.9 Å². The van der Waals surface area contributed by atoms with E-state index in [-0.39, 0.29) is 5.41 Å². The highest BCUT2D eigenvalue weighted by molar-refractivity contribution is 6.31. The summed E-state index contributed by atoms with van der Waals surface area (Å²) in [6.07, 6.45) is 3.37. The molecule has 114 valence electrons. The Kier molecular flexibility index (Phi) is 3.95. The number of nitrogens with zero attached hydrogens (tertiary/aromatic N) is 1. The molecule has 0 radical (unpaired) electrons. The number of aromatic nitrogens is 2. The van der Waals surface area contributed by atoms with Gasteiger partial charge >= 0.3 is 0 Å². The van der Waals surface area contributed by atoms with E-state index in [0.29, 0.717) is 10.9 Å². The van der Waals surface area contributed by atoms with Crippen molar-refractivity contribution in [1.82, 2.24) is 15.5 Å². The van der Waals surface area contributed by atoms with Crippen molar-refractivity contribution < 1.29 is 5.11 Å². The summed E-state index contributed by atoms with van der Waals surface area (Å²) in [5.41, 5.74) is 1.53. The zero-order valence-corrected chi connectivity index (χ0v) is 13.2. The fourth-order valence-corrected chi connectivity index (χ4v) is 3.69. The van der Waals surface area contributed by atoms with Crippen molar-refractivity contribution in [2.24, 2.45) is 11.3 Å². The molecule has 1 aliphatic heterocycles. The topological polar surface area (TPSA) is 60.9 Å². The fraction of sp³-hybridized carbons (Fsp3) is 0.562. The minimum absolute atomic E-state index is 0.204. The van der Waals surface area contributed by atoms with Crippen LogP contribution >= 0.6 is 11.6 Å². The number of nitrogens with one attached hydrogen (secondary N) is 2. The third kappa shape index (κ3) is 2.68. The van der Waals surface area contributed by atoms with Crippen LogP contribution < -0.4 is 5.32 Å². The smallest absolute Gasteiger partial charge is 0.0864 e. The van der Waals surface area contributed by atoms with Crippen LogP contribution in [0.3, 0.4) is 0 Å². The Morgan fingerprint density at radius 2 is 2.05 bits per heavy atom. The molecule has 1 fully saturated rings. The number of piperidine rings is 1. The lowest BCUT2D eigenvalue weighted by Gasteiger charge is -2.41. The molecule has 1 aliphatic rings. The van der Waals surface area contributed by atoms with Crippen LogP contribution in [0.1, 0.15) is 38.4 Å². The molecule has 3 rings (SSSR count). The summed E-state index contributed by atoms with van der Waals surface area (Å²) in [5, 5.41) is 23.0. The summed E-state index contributed by atoms with van der Waals surface area (Å²) in [6.45, 7) is 6.35. The Morgan fingerprint density at radius 1 is 1.33 bits per heavy atom. The zero-order valence-electron chi connectivity index (χ0n) is 12.5. The summed E-state index contributed by atoms with van der Waals surface area (Å²) in [4.78, 5) is 0. The van der Waals surface area contributed by atoms with Crippen molar-refractivity contribution in [2.45, 2.75) is 32.8 Å². The molecule has 0 saturated carbocycles. The molecule has 0 unspecified atom stereocenters. The van der Waals surface area contributed by atoms with E-state index < -0.39 is 6.10 Å². The van der Waals surface area contributed by atoms with Gasteiger partial charge in [0.2, 0.25) is 0 Å². The van der Waals surface area contributed by atoms with Crippen LogP contribution in [0.4, 0.5) is 0 Å². The van der Waals surface area contributed by atoms with Crippen LogP contribution in [-0.4, -0.2) is 28.4 Å². The van der Waals surface area contributed by atoms with Gasteiger partial charge in [-0.05, 0) is 49.4 Å². The molecule has 1 aromatic heterocycles. The Labute approximate surface area is 129 Å². The lowest BCUT2D eigenvalue weighted by atomic mass is 9.68. The minimum atomic E-state index is -0.567. The van der Waals surface area contributed by atoms with Crippen LogP contribution in [0, 0.1) is 11.3 Å². The number of hydrogen-bond donors (Lipinski definition) is 3. The summed E-state index contributed by atoms with van der Waals surface area (Å²) in [6, 6.07) is 3.73. The maximum Gasteiger partial charge on any atom is 0.0864 e. The van der Waals surface area contributed by atoms with Gasteiger partial charge in [0.25, 0.3) is 0 Å². The van der Waals surface area contributed by atoms with E-state index in [2.05, 4.69) is 29.4 Å². The zero-order chi connectivity index (χ0) is 15.0. The standard InChI is InChI=1S/C16H22ClN3O/c1-16(2,11-3-5-18-6-4-11)15(21)13-8-12(17)7-10-9-19-20-14(10)13/h7-9,11,15,18,21H,3-6H2,1-2H3,(H,19,20)/t15-/m1/s1. The van der Waals surface area contributed by atoms with Crippen LogP contribution in [0.2, 0.25) is 5.02 Å². The Morgan fingerprint density at radius 3 is 2.76 bits per heavy atom. The molecule has 4 nitrogen and oxygen atoms in total. The minimum Gasteiger partial charge on any atom is -0.388 e. The van der Waals surface area contributed by atoms with E-state index in [4.69, 9.17) is 11.6 Å². The molecule has 21 heavy (non-hydrogen) atoms. The first-order valence-corrected chi connectivity index (χ1v) is 7.89. The first-order chi connectivity index (χ1) is 10.00. The van der Waals surface area contributed by atoms with E-state index in [1.54, 1.807) is 6.20 Å². The van der Waals surface area contributed by atoms with Gasteiger partial charge in [-0.3, -0.25) is 5.10 Å². The van der Waals surface area contributed by atoms with Gasteiger partial charge < -0.3 is 10.4 Å². The number of H-pyrrole nitrogens is 1. The van der Waals surface area contributed by atoms with E-state index in [1.165, 1.54) is 0 Å². The highest BCUT2D eigenvalue weighted by atomic mass is 35.5. The monoisotopic (exact) mass is 307 g/mol. The molecule has 2 heterocycles. The second-order valence-corrected chi connectivity index (χ2v) is 7.01. The Balaban J connectivity index is 1.98. The quantitative estimate of drug-likeness (QED) is 0.815. The lowest BCUT2D eigenvalue weighted by Crippen LogP contribution is -2.39. The summed E-state index contributed by atoms with van der Waals surface area (Å²) < 4.78 is 0. The lowest BCUT2D eigenvalue weighted by molar-refractivity contribution is -0.00538. The van der Waals surface area contributed by atoms with Crippen molar-refractivity contribution >= 4 is 22.5 Å². The number of aromatic amines is 1. The Bertz CT molecular complexity index is 631. The number of aliphatic hydroxyl groups is 1. The number of hydrogen-bond acceptors (Lipinski definition) is 3. The van der Waals surface area contributed by atoms with Gasteiger partial charge in [0.1, 0.15) is 0 Å². The Hall–Kier alpha value is -1.10. The predicted molar refractivity (Wildman–Crippen MR) is 85.4 cm³/mol. The molecule has 2 aromatic rings. The number of fused-ring (bicyclic) bond motifs is 1. The highest BCUT2D eigenvalue weighted by Crippen LogP contribution is 2.45. The van der Waals surface area contributed by atoms with Crippen LogP contribution in [0.15, 0.2) is 18.3 Å². The molecule has 0 amide bonds. The highest BCUT2D eigenvalue weighted by Gasteiger charge is 2.38. The average molecular weight is 308 g/mol. The summed E-state index contributed by atoms with van der Waals surface area (Å²) in [7, 11) is 0. The number of benzene rings is 1. The summed E-state index contributed by atoms with van der Waals surface area (Å²) >= 11 is 6.20. The second-order valence-electron chi connectivity index (χ2n) is 6.58. The maximum absolute atomic E-state index is 11.0. The normalized spacial score (nSPS) is 19.0. The van der Waals surface area contributed by atoms with Gasteiger partial charge in [0.15, 0.2) is 0 Å². The molecule has 3 N–H and O–H groups in total. The molecular formula is C16H22ClN3O. The first-order valence-electron chi connectivity index (χ1n) is 7.51. The predicted octanol–water partition coefficient (Wildman–Crippen LogP) is 3.28. The van der Waals surface area contributed by atoms with Crippen LogP contribution in [-0.2, 0) is 0 Å². The molecule has 0 bridgehead atoms. The van der Waals surface area contributed by atoms with Crippen LogP contribution in [0.5, 0.6) is 0 Å². The van der Waals surface area contributed by atoms with Gasteiger partial charge in [-0.2, -0.15) is 5.10 Å².